The van der Waals surface area contributed by atoms with Crippen LogP contribution in [0.3, 0.4) is 0 Å². The Morgan fingerprint density at radius 2 is 1.65 bits per heavy atom. The smallest absolute Gasteiger partial charge is 0.132 e. The lowest BCUT2D eigenvalue weighted by Crippen LogP contribution is -2.02. The molecule has 0 fully saturated rings. The molecule has 4 heteroatoms. The van der Waals surface area contributed by atoms with E-state index in [0.29, 0.717) is 12.2 Å². The van der Waals surface area contributed by atoms with Crippen molar-refractivity contribution in [1.82, 2.24) is 0 Å². The first-order valence-electron chi connectivity index (χ1n) is 6.45. The summed E-state index contributed by atoms with van der Waals surface area (Å²) in [5, 5.41) is 9.66. The first-order chi connectivity index (χ1) is 9.61. The summed E-state index contributed by atoms with van der Waals surface area (Å²) < 4.78 is 32.2. The zero-order chi connectivity index (χ0) is 14.5. The second-order valence-electron chi connectivity index (χ2n) is 4.48. The highest BCUT2D eigenvalue weighted by molar-refractivity contribution is 5.29. The molecule has 0 spiro atoms. The van der Waals surface area contributed by atoms with Gasteiger partial charge in [-0.15, -0.1) is 0 Å². The molecular weight excluding hydrogens is 262 g/mol. The molecule has 0 aliphatic rings. The van der Waals surface area contributed by atoms with Crippen LogP contribution >= 0.6 is 0 Å². The van der Waals surface area contributed by atoms with Gasteiger partial charge < -0.3 is 9.84 Å². The Kier molecular flexibility index (Phi) is 4.69. The molecule has 106 valence electrons. The lowest BCUT2D eigenvalue weighted by molar-refractivity contribution is 0.173. The molecule has 0 bridgehead atoms. The predicted molar refractivity (Wildman–Crippen MR) is 72.4 cm³/mol. The number of hydrogen-bond donors (Lipinski definition) is 1. The maximum Gasteiger partial charge on any atom is 0.132 e. The van der Waals surface area contributed by atoms with Crippen molar-refractivity contribution in [2.24, 2.45) is 0 Å². The molecular formula is C16H16F2O2. The molecule has 2 nitrogen and oxygen atoms in total. The van der Waals surface area contributed by atoms with Crippen LogP contribution < -0.4 is 4.74 Å². The van der Waals surface area contributed by atoms with Gasteiger partial charge in [0.1, 0.15) is 24.0 Å². The van der Waals surface area contributed by atoms with E-state index in [9.17, 15) is 13.9 Å². The fraction of sp³-hybridized carbons (Fsp3) is 0.250. The van der Waals surface area contributed by atoms with Gasteiger partial charge in [-0.25, -0.2) is 8.78 Å². The van der Waals surface area contributed by atoms with Crippen LogP contribution in [0.4, 0.5) is 8.78 Å². The molecule has 2 aromatic carbocycles. The van der Waals surface area contributed by atoms with Crippen LogP contribution in [-0.4, -0.2) is 5.11 Å². The third-order valence-electron chi connectivity index (χ3n) is 3.10. The minimum absolute atomic E-state index is 0.0924. The number of aliphatic hydroxyl groups is 1. The van der Waals surface area contributed by atoms with Gasteiger partial charge in [-0.1, -0.05) is 25.1 Å². The summed E-state index contributed by atoms with van der Waals surface area (Å²) in [5.74, 6) is -0.745. The minimum atomic E-state index is -0.622. The molecule has 0 saturated heterocycles. The van der Waals surface area contributed by atoms with Gasteiger partial charge in [-0.3, -0.25) is 0 Å². The van der Waals surface area contributed by atoms with Crippen molar-refractivity contribution in [2.75, 3.05) is 0 Å². The summed E-state index contributed by atoms with van der Waals surface area (Å²) in [6.07, 6.45) is 0.119. The van der Waals surface area contributed by atoms with Crippen LogP contribution in [0.2, 0.25) is 0 Å². The number of ether oxygens (including phenoxy) is 1. The topological polar surface area (TPSA) is 29.5 Å². The average Bonchev–Trinajstić information content (AvgIpc) is 2.46. The molecule has 20 heavy (non-hydrogen) atoms. The van der Waals surface area contributed by atoms with Crippen molar-refractivity contribution in [3.8, 4) is 5.75 Å². The van der Waals surface area contributed by atoms with E-state index in [1.54, 1.807) is 24.3 Å². The van der Waals surface area contributed by atoms with Crippen LogP contribution in [0.25, 0.3) is 0 Å². The van der Waals surface area contributed by atoms with E-state index in [4.69, 9.17) is 4.74 Å². The molecule has 0 aliphatic carbocycles. The monoisotopic (exact) mass is 278 g/mol. The highest BCUT2D eigenvalue weighted by Gasteiger charge is 2.09. The fourth-order valence-electron chi connectivity index (χ4n) is 1.85. The first-order valence-corrected chi connectivity index (χ1v) is 6.45. The third kappa shape index (κ3) is 3.33. The summed E-state index contributed by atoms with van der Waals surface area (Å²) in [6.45, 7) is 1.71. The molecule has 2 aromatic rings. The van der Waals surface area contributed by atoms with Gasteiger partial charge in [0.25, 0.3) is 0 Å². The van der Waals surface area contributed by atoms with E-state index in [0.717, 1.165) is 5.56 Å². The molecule has 0 heterocycles. The van der Waals surface area contributed by atoms with Gasteiger partial charge >= 0.3 is 0 Å². The van der Waals surface area contributed by atoms with Crippen LogP contribution in [0.15, 0.2) is 42.5 Å². The second kappa shape index (κ2) is 6.48. The van der Waals surface area contributed by atoms with Crippen LogP contribution in [0.5, 0.6) is 5.75 Å². The van der Waals surface area contributed by atoms with Gasteiger partial charge in [-0.05, 0) is 36.2 Å². The number of halogens is 2. The maximum atomic E-state index is 13.4. The fourth-order valence-corrected chi connectivity index (χ4v) is 1.85. The van der Waals surface area contributed by atoms with E-state index >= 15 is 0 Å². The van der Waals surface area contributed by atoms with Gasteiger partial charge in [-0.2, -0.15) is 0 Å². The van der Waals surface area contributed by atoms with Crippen molar-refractivity contribution in [3.63, 3.8) is 0 Å². The second-order valence-corrected chi connectivity index (χ2v) is 4.48. The third-order valence-corrected chi connectivity index (χ3v) is 3.10. The Hall–Kier alpha value is -1.94. The Morgan fingerprint density at radius 3 is 2.20 bits per heavy atom. The van der Waals surface area contributed by atoms with Crippen molar-refractivity contribution in [2.45, 2.75) is 26.1 Å². The molecule has 1 atom stereocenters. The zero-order valence-electron chi connectivity index (χ0n) is 11.1. The van der Waals surface area contributed by atoms with Gasteiger partial charge in [0.05, 0.1) is 11.7 Å². The molecule has 1 N–H and O–H groups in total. The zero-order valence-corrected chi connectivity index (χ0v) is 11.1. The SMILES string of the molecule is CC[C@H](O)c1ccc(OCc2c(F)cccc2F)cc1. The van der Waals surface area contributed by atoms with E-state index < -0.39 is 17.7 Å². The van der Waals surface area contributed by atoms with E-state index in [-0.39, 0.29) is 12.2 Å². The molecule has 0 saturated carbocycles. The minimum Gasteiger partial charge on any atom is -0.489 e. The molecule has 2 rings (SSSR count). The molecule has 0 aromatic heterocycles. The van der Waals surface area contributed by atoms with Gasteiger partial charge in [0.15, 0.2) is 0 Å². The number of rotatable bonds is 5. The predicted octanol–water partition coefficient (Wildman–Crippen LogP) is 3.99. The lowest BCUT2D eigenvalue weighted by Gasteiger charge is -2.11. The summed E-state index contributed by atoms with van der Waals surface area (Å²) in [6, 6.07) is 10.5. The summed E-state index contributed by atoms with van der Waals surface area (Å²) >= 11 is 0. The summed E-state index contributed by atoms with van der Waals surface area (Å²) in [5.41, 5.74) is 0.696. The molecule has 0 radical (unpaired) electrons. The Labute approximate surface area is 116 Å². The Morgan fingerprint density at radius 1 is 1.05 bits per heavy atom. The largest absolute Gasteiger partial charge is 0.489 e. The Balaban J connectivity index is 2.04. The van der Waals surface area contributed by atoms with Crippen molar-refractivity contribution in [1.29, 1.82) is 0 Å². The molecule has 0 unspecified atom stereocenters. The number of aliphatic hydroxyl groups excluding tert-OH is 1. The number of benzene rings is 2. The van der Waals surface area contributed by atoms with Crippen LogP contribution in [0, 0.1) is 11.6 Å². The highest BCUT2D eigenvalue weighted by Crippen LogP contribution is 2.21. The van der Waals surface area contributed by atoms with Gasteiger partial charge in [0.2, 0.25) is 0 Å². The average molecular weight is 278 g/mol. The van der Waals surface area contributed by atoms with E-state index in [1.807, 2.05) is 6.92 Å². The molecule has 0 amide bonds. The summed E-state index contributed by atoms with van der Waals surface area (Å²) in [4.78, 5) is 0. The number of hydrogen-bond acceptors (Lipinski definition) is 2. The van der Waals surface area contributed by atoms with Crippen molar-refractivity contribution in [3.05, 3.63) is 65.2 Å². The van der Waals surface area contributed by atoms with E-state index in [1.165, 1.54) is 18.2 Å². The van der Waals surface area contributed by atoms with Crippen molar-refractivity contribution >= 4 is 0 Å². The normalized spacial score (nSPS) is 12.2. The lowest BCUT2D eigenvalue weighted by atomic mass is 10.1. The Bertz CT molecular complexity index is 547. The van der Waals surface area contributed by atoms with Crippen LogP contribution in [-0.2, 0) is 6.61 Å². The maximum absolute atomic E-state index is 13.4. The van der Waals surface area contributed by atoms with Crippen molar-refractivity contribution < 1.29 is 18.6 Å². The highest BCUT2D eigenvalue weighted by atomic mass is 19.1. The first kappa shape index (κ1) is 14.5. The van der Waals surface area contributed by atoms with E-state index in [2.05, 4.69) is 0 Å². The summed E-state index contributed by atoms with van der Waals surface area (Å²) in [7, 11) is 0. The quantitative estimate of drug-likeness (QED) is 0.896. The van der Waals surface area contributed by atoms with Crippen LogP contribution in [0.1, 0.15) is 30.6 Å². The van der Waals surface area contributed by atoms with Gasteiger partial charge in [0, 0.05) is 0 Å². The molecule has 0 aliphatic heterocycles. The standard InChI is InChI=1S/C16H16F2O2/c1-2-16(19)11-6-8-12(9-7-11)20-10-13-14(17)4-3-5-15(13)18/h3-9,16,19H,2,10H2,1H3/t16-/m0/s1.